The monoisotopic (exact) mass is 381 g/mol. The van der Waals surface area contributed by atoms with Crippen LogP contribution < -0.4 is 10.6 Å². The summed E-state index contributed by atoms with van der Waals surface area (Å²) in [5.74, 6) is -0.437. The van der Waals surface area contributed by atoms with E-state index < -0.39 is 6.04 Å². The Morgan fingerprint density at radius 2 is 1.78 bits per heavy atom. The second kappa shape index (κ2) is 7.88. The smallest absolute Gasteiger partial charge is 0.247 e. The zero-order valence-electron chi connectivity index (χ0n) is 15.9. The molecule has 1 aromatic heterocycles. The summed E-state index contributed by atoms with van der Waals surface area (Å²) in [5.41, 5.74) is 3.91. The summed E-state index contributed by atoms with van der Waals surface area (Å²) in [5, 5.41) is 6.52. The first kappa shape index (κ1) is 19.0. The third kappa shape index (κ3) is 4.52. The van der Waals surface area contributed by atoms with Crippen molar-refractivity contribution in [1.29, 1.82) is 0 Å². The molecule has 27 heavy (non-hydrogen) atoms. The first-order valence-electron chi connectivity index (χ1n) is 8.89. The normalized spacial score (nSPS) is 12.2. The van der Waals surface area contributed by atoms with Gasteiger partial charge in [0.05, 0.1) is 10.2 Å². The molecule has 5 nitrogen and oxygen atoms in total. The SMILES string of the molecule is CC(=O)NC(C(=O)Nc1ccc(-c2nc3ccc(C)cc3s2)cc1)C(C)C. The Morgan fingerprint density at radius 3 is 2.41 bits per heavy atom. The van der Waals surface area contributed by atoms with Gasteiger partial charge in [-0.15, -0.1) is 11.3 Å². The van der Waals surface area contributed by atoms with Crippen molar-refractivity contribution in [2.24, 2.45) is 5.92 Å². The Labute approximate surface area is 162 Å². The Hall–Kier alpha value is -2.73. The number of carbonyl (C=O) groups is 2. The third-order valence-corrected chi connectivity index (χ3v) is 5.32. The number of hydrogen-bond acceptors (Lipinski definition) is 4. The van der Waals surface area contributed by atoms with Crippen LogP contribution in [0.5, 0.6) is 0 Å². The van der Waals surface area contributed by atoms with Crippen molar-refractivity contribution < 1.29 is 9.59 Å². The number of anilines is 1. The number of fused-ring (bicyclic) bond motifs is 1. The lowest BCUT2D eigenvalue weighted by molar-refractivity contribution is -0.126. The van der Waals surface area contributed by atoms with Gasteiger partial charge in [0.2, 0.25) is 11.8 Å². The number of nitrogens with one attached hydrogen (secondary N) is 2. The first-order valence-corrected chi connectivity index (χ1v) is 9.70. The van der Waals surface area contributed by atoms with Crippen LogP contribution in [-0.4, -0.2) is 22.8 Å². The molecule has 3 rings (SSSR count). The highest BCUT2D eigenvalue weighted by molar-refractivity contribution is 7.21. The maximum atomic E-state index is 12.5. The molecule has 0 radical (unpaired) electrons. The summed E-state index contributed by atoms with van der Waals surface area (Å²) >= 11 is 1.65. The number of aromatic nitrogens is 1. The molecule has 2 amide bonds. The Balaban J connectivity index is 1.76. The van der Waals surface area contributed by atoms with E-state index in [1.54, 1.807) is 11.3 Å². The molecule has 0 saturated carbocycles. The summed E-state index contributed by atoms with van der Waals surface area (Å²) in [4.78, 5) is 28.5. The Bertz CT molecular complexity index is 977. The Kier molecular flexibility index (Phi) is 5.56. The lowest BCUT2D eigenvalue weighted by Gasteiger charge is -2.20. The van der Waals surface area contributed by atoms with Crippen LogP contribution in [0, 0.1) is 12.8 Å². The largest absolute Gasteiger partial charge is 0.344 e. The average molecular weight is 382 g/mol. The number of carbonyl (C=O) groups excluding carboxylic acids is 2. The topological polar surface area (TPSA) is 71.1 Å². The van der Waals surface area contributed by atoms with Crippen molar-refractivity contribution in [3.8, 4) is 10.6 Å². The van der Waals surface area contributed by atoms with E-state index in [4.69, 9.17) is 0 Å². The van der Waals surface area contributed by atoms with Gasteiger partial charge in [0.25, 0.3) is 0 Å². The molecule has 0 bridgehead atoms. The van der Waals surface area contributed by atoms with Gasteiger partial charge in [-0.2, -0.15) is 0 Å². The van der Waals surface area contributed by atoms with Gasteiger partial charge in [0.1, 0.15) is 11.0 Å². The zero-order chi connectivity index (χ0) is 19.6. The van der Waals surface area contributed by atoms with Crippen LogP contribution in [0.25, 0.3) is 20.8 Å². The van der Waals surface area contributed by atoms with Crippen LogP contribution in [0.15, 0.2) is 42.5 Å². The van der Waals surface area contributed by atoms with Crippen LogP contribution in [-0.2, 0) is 9.59 Å². The van der Waals surface area contributed by atoms with Gasteiger partial charge in [-0.25, -0.2) is 4.98 Å². The molecule has 140 valence electrons. The number of nitrogens with zero attached hydrogens (tertiary/aromatic N) is 1. The van der Waals surface area contributed by atoms with Gasteiger partial charge in [0, 0.05) is 18.2 Å². The van der Waals surface area contributed by atoms with Crippen LogP contribution in [0.4, 0.5) is 5.69 Å². The van der Waals surface area contributed by atoms with Gasteiger partial charge in [-0.3, -0.25) is 9.59 Å². The van der Waals surface area contributed by atoms with Crippen molar-refractivity contribution in [1.82, 2.24) is 10.3 Å². The molecule has 1 atom stereocenters. The molecule has 6 heteroatoms. The second-order valence-corrected chi connectivity index (χ2v) is 8.01. The number of aryl methyl sites for hydroxylation is 1. The molecular weight excluding hydrogens is 358 g/mol. The van der Waals surface area contributed by atoms with Crippen molar-refractivity contribution in [2.45, 2.75) is 33.7 Å². The maximum Gasteiger partial charge on any atom is 0.247 e. The fourth-order valence-electron chi connectivity index (χ4n) is 2.83. The Morgan fingerprint density at radius 1 is 1.07 bits per heavy atom. The standard InChI is InChI=1S/C21H23N3O2S/c1-12(2)19(22-14(4)25)20(26)23-16-8-6-15(7-9-16)21-24-17-10-5-13(3)11-18(17)27-21/h5-12,19H,1-4H3,(H,22,25)(H,23,26). The molecule has 3 aromatic rings. The highest BCUT2D eigenvalue weighted by atomic mass is 32.1. The highest BCUT2D eigenvalue weighted by Gasteiger charge is 2.23. The number of amides is 2. The van der Waals surface area contributed by atoms with E-state index in [1.807, 2.05) is 44.2 Å². The lowest BCUT2D eigenvalue weighted by atomic mass is 10.0. The van der Waals surface area contributed by atoms with E-state index in [0.717, 1.165) is 20.8 Å². The average Bonchev–Trinajstić information content (AvgIpc) is 3.03. The number of rotatable bonds is 5. The van der Waals surface area contributed by atoms with Gasteiger partial charge >= 0.3 is 0 Å². The van der Waals surface area contributed by atoms with E-state index in [1.165, 1.54) is 12.5 Å². The molecule has 0 saturated heterocycles. The summed E-state index contributed by atoms with van der Waals surface area (Å²) in [6, 6.07) is 13.3. The minimum Gasteiger partial charge on any atom is -0.344 e. The predicted octanol–water partition coefficient (Wildman–Crippen LogP) is 4.37. The minimum absolute atomic E-state index is 0.000576. The fourth-order valence-corrected chi connectivity index (χ4v) is 3.89. The molecule has 0 aliphatic carbocycles. The van der Waals surface area contributed by atoms with Gasteiger partial charge in [-0.1, -0.05) is 19.9 Å². The number of benzene rings is 2. The summed E-state index contributed by atoms with van der Waals surface area (Å²) < 4.78 is 1.16. The lowest BCUT2D eigenvalue weighted by Crippen LogP contribution is -2.46. The minimum atomic E-state index is -0.560. The van der Waals surface area contributed by atoms with Crippen LogP contribution >= 0.6 is 11.3 Å². The molecule has 2 aromatic carbocycles. The molecule has 0 spiro atoms. The van der Waals surface area contributed by atoms with Gasteiger partial charge < -0.3 is 10.6 Å². The second-order valence-electron chi connectivity index (χ2n) is 6.98. The summed E-state index contributed by atoms with van der Waals surface area (Å²) in [6.45, 7) is 7.29. The quantitative estimate of drug-likeness (QED) is 0.689. The van der Waals surface area contributed by atoms with E-state index in [2.05, 4.69) is 34.7 Å². The van der Waals surface area contributed by atoms with Crippen molar-refractivity contribution >= 4 is 39.1 Å². The molecule has 0 aliphatic heterocycles. The molecule has 1 unspecified atom stereocenters. The van der Waals surface area contributed by atoms with Crippen molar-refractivity contribution in [2.75, 3.05) is 5.32 Å². The molecular formula is C21H23N3O2S. The number of hydrogen-bond donors (Lipinski definition) is 2. The van der Waals surface area contributed by atoms with E-state index in [9.17, 15) is 9.59 Å². The fraction of sp³-hybridized carbons (Fsp3) is 0.286. The first-order chi connectivity index (χ1) is 12.8. The van der Waals surface area contributed by atoms with Crippen molar-refractivity contribution in [3.05, 3.63) is 48.0 Å². The third-order valence-electron chi connectivity index (χ3n) is 4.25. The molecule has 1 heterocycles. The summed E-state index contributed by atoms with van der Waals surface area (Å²) in [7, 11) is 0. The van der Waals surface area contributed by atoms with Gasteiger partial charge in [-0.05, 0) is 54.8 Å². The summed E-state index contributed by atoms with van der Waals surface area (Å²) in [6.07, 6.45) is 0. The van der Waals surface area contributed by atoms with Gasteiger partial charge in [0.15, 0.2) is 0 Å². The van der Waals surface area contributed by atoms with Crippen LogP contribution in [0.1, 0.15) is 26.3 Å². The van der Waals surface area contributed by atoms with E-state index in [0.29, 0.717) is 5.69 Å². The maximum absolute atomic E-state index is 12.5. The highest BCUT2D eigenvalue weighted by Crippen LogP contribution is 2.31. The number of thiazole rings is 1. The van der Waals surface area contributed by atoms with Crippen molar-refractivity contribution in [3.63, 3.8) is 0 Å². The molecule has 0 aliphatic rings. The molecule has 0 fully saturated rings. The van der Waals surface area contributed by atoms with Crippen LogP contribution in [0.2, 0.25) is 0 Å². The van der Waals surface area contributed by atoms with E-state index in [-0.39, 0.29) is 17.7 Å². The molecule has 2 N–H and O–H groups in total. The van der Waals surface area contributed by atoms with E-state index >= 15 is 0 Å². The zero-order valence-corrected chi connectivity index (χ0v) is 16.7. The van der Waals surface area contributed by atoms with Crippen LogP contribution in [0.3, 0.4) is 0 Å². The predicted molar refractivity (Wildman–Crippen MR) is 111 cm³/mol.